The van der Waals surface area contributed by atoms with E-state index in [4.69, 9.17) is 26.7 Å². The van der Waals surface area contributed by atoms with E-state index in [0.717, 1.165) is 20.9 Å². The molecule has 0 fully saturated rings. The van der Waals surface area contributed by atoms with Crippen LogP contribution in [0.2, 0.25) is 0 Å². The lowest BCUT2D eigenvalue weighted by molar-refractivity contribution is -0.159. The van der Waals surface area contributed by atoms with Crippen molar-refractivity contribution in [1.82, 2.24) is 0 Å². The summed E-state index contributed by atoms with van der Waals surface area (Å²) in [6.07, 6.45) is 1.86. The minimum Gasteiger partial charge on any atom is -0.468 e. The van der Waals surface area contributed by atoms with Crippen LogP contribution >= 0.6 is 22.7 Å². The summed E-state index contributed by atoms with van der Waals surface area (Å²) in [6.45, 7) is 19.2. The fraction of sp³-hybridized carbons (Fsp3) is 0.622. The van der Waals surface area contributed by atoms with Crippen molar-refractivity contribution in [3.63, 3.8) is 0 Å². The van der Waals surface area contributed by atoms with Crippen LogP contribution in [0.5, 0.6) is 0 Å². The summed E-state index contributed by atoms with van der Waals surface area (Å²) in [5, 5.41) is 3.55. The van der Waals surface area contributed by atoms with Gasteiger partial charge in [-0.3, -0.25) is 28.8 Å². The molecule has 0 saturated carbocycles. The van der Waals surface area contributed by atoms with Gasteiger partial charge in [-0.25, -0.2) is 0 Å². The number of methoxy groups -OCH3 is 3. The summed E-state index contributed by atoms with van der Waals surface area (Å²) < 4.78 is 25.6. The highest BCUT2D eigenvalue weighted by molar-refractivity contribution is 7.17. The first-order chi connectivity index (χ1) is 24.7. The van der Waals surface area contributed by atoms with Gasteiger partial charge in [0.15, 0.2) is 5.92 Å². The molecule has 3 amide bonds. The average Bonchev–Trinajstić information content (AvgIpc) is 3.57. The SMILES string of the molecule is CC1(C)Cc2c(sc(N)c2C(N)=O)C(C)(C)O1.CCC(C(=O)Nc1sc2c(c1C(N)=O)CC(C)(C)OC2(C)C)C(=O)OC.CCC(C(=O)OC)C(=O)OC. The number of hydrogen-bond acceptors (Lipinski definition) is 14. The van der Waals surface area contributed by atoms with E-state index < -0.39 is 64.3 Å². The number of nitrogens with one attached hydrogen (secondary N) is 1. The number of ether oxygens (including phenoxy) is 5. The zero-order valence-corrected chi connectivity index (χ0v) is 35.2. The second-order valence-corrected chi connectivity index (χ2v) is 17.1. The van der Waals surface area contributed by atoms with Gasteiger partial charge in [-0.1, -0.05) is 13.8 Å². The summed E-state index contributed by atoms with van der Waals surface area (Å²) in [5.41, 5.74) is 17.6. The van der Waals surface area contributed by atoms with Crippen LogP contribution in [-0.2, 0) is 66.9 Å². The van der Waals surface area contributed by atoms with Crippen molar-refractivity contribution in [1.29, 1.82) is 0 Å². The Labute approximate surface area is 324 Å². The van der Waals surface area contributed by atoms with Crippen molar-refractivity contribution < 1.29 is 52.5 Å². The Hall–Kier alpha value is -4.06. The molecule has 0 aliphatic carbocycles. The number of primary amides is 2. The van der Waals surface area contributed by atoms with Gasteiger partial charge in [-0.15, -0.1) is 22.7 Å². The maximum atomic E-state index is 12.5. The van der Waals surface area contributed by atoms with Gasteiger partial charge in [0, 0.05) is 22.6 Å². The average molecular weight is 797 g/mol. The van der Waals surface area contributed by atoms with E-state index in [-0.39, 0.29) is 12.0 Å². The molecule has 0 aromatic carbocycles. The van der Waals surface area contributed by atoms with Crippen molar-refractivity contribution in [3.05, 3.63) is 32.0 Å². The van der Waals surface area contributed by atoms with Crippen LogP contribution in [-0.4, -0.2) is 68.2 Å². The van der Waals surface area contributed by atoms with Gasteiger partial charge < -0.3 is 46.2 Å². The third kappa shape index (κ3) is 10.6. The van der Waals surface area contributed by atoms with Crippen molar-refractivity contribution in [2.45, 2.75) is 117 Å². The lowest BCUT2D eigenvalue weighted by Crippen LogP contribution is -2.42. The van der Waals surface area contributed by atoms with Gasteiger partial charge in [0.25, 0.3) is 11.8 Å². The molecule has 17 heteroatoms. The molecule has 2 aliphatic rings. The van der Waals surface area contributed by atoms with Crippen LogP contribution in [0.3, 0.4) is 0 Å². The number of fused-ring (bicyclic) bond motifs is 2. The van der Waals surface area contributed by atoms with Gasteiger partial charge in [-0.05, 0) is 79.4 Å². The fourth-order valence-corrected chi connectivity index (χ4v) is 9.19. The number of rotatable bonds is 9. The molecule has 15 nitrogen and oxygen atoms in total. The number of amides is 3. The second-order valence-electron chi connectivity index (χ2n) is 15.1. The maximum Gasteiger partial charge on any atom is 0.320 e. The van der Waals surface area contributed by atoms with Gasteiger partial charge in [0.1, 0.15) is 10.9 Å². The summed E-state index contributed by atoms with van der Waals surface area (Å²) >= 11 is 2.67. The molecule has 1 atom stereocenters. The molecule has 302 valence electrons. The summed E-state index contributed by atoms with van der Waals surface area (Å²) in [5.74, 6) is -5.00. The molecule has 0 spiro atoms. The zero-order chi connectivity index (χ0) is 41.7. The number of anilines is 2. The number of esters is 3. The van der Waals surface area contributed by atoms with Crippen molar-refractivity contribution in [2.75, 3.05) is 32.4 Å². The van der Waals surface area contributed by atoms with Gasteiger partial charge >= 0.3 is 17.9 Å². The van der Waals surface area contributed by atoms with Crippen molar-refractivity contribution in [3.8, 4) is 0 Å². The third-order valence-corrected chi connectivity index (χ3v) is 11.5. The molecule has 7 N–H and O–H groups in total. The molecule has 0 radical (unpaired) electrons. The summed E-state index contributed by atoms with van der Waals surface area (Å²) in [4.78, 5) is 71.4. The summed E-state index contributed by atoms with van der Waals surface area (Å²) in [6, 6.07) is 0. The molecular formula is C37H56N4O11S2. The molecule has 0 saturated heterocycles. The van der Waals surface area contributed by atoms with E-state index in [1.54, 1.807) is 13.8 Å². The van der Waals surface area contributed by atoms with Crippen LogP contribution in [0.15, 0.2) is 0 Å². The monoisotopic (exact) mass is 796 g/mol. The number of nitrogens with two attached hydrogens (primary N) is 3. The molecule has 2 aromatic rings. The third-order valence-electron chi connectivity index (χ3n) is 8.72. The van der Waals surface area contributed by atoms with Gasteiger partial charge in [-0.2, -0.15) is 0 Å². The Balaban J connectivity index is 0.000000309. The molecule has 2 aliphatic heterocycles. The highest BCUT2D eigenvalue weighted by Crippen LogP contribution is 2.49. The standard InChI is InChI=1S/C18H26N2O5S.C12H18N2O2S.C7H12O4/c1-7-9(16(23)24-6)14(22)20-15-11(13(19)21)10-8-17(2,3)25-18(4,5)12(10)26-15;1-11(2)5-6-7(9(13)15)10(14)17-8(6)12(3,4)16-11;1-4-5(6(8)10-2)7(9)11-3/h9H,7-8H2,1-6H3,(H2,19,21)(H,20,22);5,14H2,1-4H3,(H2,13,15);5H,4H2,1-3H3. The van der Waals surface area contributed by atoms with Crippen molar-refractivity contribution >= 4 is 68.3 Å². The molecule has 2 aromatic heterocycles. The first kappa shape index (κ1) is 46.1. The lowest BCUT2D eigenvalue weighted by atomic mass is 9.86. The smallest absolute Gasteiger partial charge is 0.320 e. The zero-order valence-electron chi connectivity index (χ0n) is 33.5. The van der Waals surface area contributed by atoms with Gasteiger partial charge in [0.2, 0.25) is 5.91 Å². The first-order valence-electron chi connectivity index (χ1n) is 17.4. The quantitative estimate of drug-likeness (QED) is 0.150. The van der Waals surface area contributed by atoms with E-state index >= 15 is 0 Å². The molecule has 4 rings (SSSR count). The number of hydrogen-bond donors (Lipinski definition) is 4. The minimum absolute atomic E-state index is 0.289. The molecular weight excluding hydrogens is 741 g/mol. The van der Waals surface area contributed by atoms with Crippen LogP contribution in [0.25, 0.3) is 0 Å². The predicted molar refractivity (Wildman–Crippen MR) is 206 cm³/mol. The highest BCUT2D eigenvalue weighted by atomic mass is 32.1. The van der Waals surface area contributed by atoms with E-state index in [1.807, 2.05) is 55.4 Å². The Kier molecular flexibility index (Phi) is 15.0. The van der Waals surface area contributed by atoms with E-state index in [0.29, 0.717) is 40.4 Å². The van der Waals surface area contributed by atoms with Crippen LogP contribution in [0.1, 0.15) is 124 Å². The number of thiophene rings is 2. The Morgan fingerprint density at radius 3 is 1.41 bits per heavy atom. The Morgan fingerprint density at radius 1 is 0.667 bits per heavy atom. The lowest BCUT2D eigenvalue weighted by Gasteiger charge is -2.41. The Morgan fingerprint density at radius 2 is 1.04 bits per heavy atom. The maximum absolute atomic E-state index is 12.5. The van der Waals surface area contributed by atoms with Crippen LogP contribution < -0.4 is 22.5 Å². The molecule has 4 heterocycles. The highest BCUT2D eigenvalue weighted by Gasteiger charge is 2.44. The second kappa shape index (κ2) is 17.6. The molecule has 0 bridgehead atoms. The first-order valence-corrected chi connectivity index (χ1v) is 19.0. The van der Waals surface area contributed by atoms with Crippen molar-refractivity contribution in [2.24, 2.45) is 23.3 Å². The molecule has 54 heavy (non-hydrogen) atoms. The van der Waals surface area contributed by atoms with E-state index in [2.05, 4.69) is 19.5 Å². The normalized spacial score (nSPS) is 17.4. The minimum atomic E-state index is -0.944. The van der Waals surface area contributed by atoms with E-state index in [1.165, 1.54) is 44.0 Å². The molecule has 1 unspecified atom stereocenters. The predicted octanol–water partition coefficient (Wildman–Crippen LogP) is 4.95. The number of nitrogen functional groups attached to an aromatic ring is 1. The number of carbonyl (C=O) groups is 6. The number of carbonyl (C=O) groups excluding carboxylic acids is 6. The topological polar surface area (TPSA) is 239 Å². The largest absolute Gasteiger partial charge is 0.468 e. The Bertz CT molecular complexity index is 1740. The van der Waals surface area contributed by atoms with Crippen LogP contribution in [0.4, 0.5) is 10.0 Å². The summed E-state index contributed by atoms with van der Waals surface area (Å²) in [7, 11) is 3.72. The fourth-order valence-electron chi connectivity index (χ4n) is 6.79. The van der Waals surface area contributed by atoms with E-state index in [9.17, 15) is 28.8 Å². The van der Waals surface area contributed by atoms with Crippen LogP contribution in [0, 0.1) is 11.8 Å². The van der Waals surface area contributed by atoms with Gasteiger partial charge in [0.05, 0.1) is 59.9 Å².